The highest BCUT2D eigenvalue weighted by molar-refractivity contribution is 5.88. The summed E-state index contributed by atoms with van der Waals surface area (Å²) in [7, 11) is 0. The smallest absolute Gasteiger partial charge is 0.249 e. The first-order valence-electron chi connectivity index (χ1n) is 8.08. The lowest BCUT2D eigenvalue weighted by Gasteiger charge is -2.21. The molecule has 2 rings (SSSR count). The van der Waals surface area contributed by atoms with Crippen molar-refractivity contribution < 1.29 is 14.3 Å². The van der Waals surface area contributed by atoms with Gasteiger partial charge in [-0.2, -0.15) is 0 Å². The molecule has 2 amide bonds. The molecular formula is C18H26N2O3. The van der Waals surface area contributed by atoms with Crippen LogP contribution in [0.15, 0.2) is 24.3 Å². The van der Waals surface area contributed by atoms with Crippen LogP contribution >= 0.6 is 0 Å². The molecule has 126 valence electrons. The molecular weight excluding hydrogens is 292 g/mol. The number of nitrogens with two attached hydrogens (primary N) is 1. The Labute approximate surface area is 137 Å². The third-order valence-corrected chi connectivity index (χ3v) is 4.14. The fraction of sp³-hybridized carbons (Fsp3) is 0.556. The standard InChI is InChI=1S/C18H26N2O3/c1-18(2,3)13-8-6-12(7-9-13)11-14(16(19)21)20-17(22)15-5-4-10-23-15/h6-9,14-15H,4-5,10-11H2,1-3H3,(H2,19,21)(H,20,22)/t14-,15-/m1/s1. The fourth-order valence-corrected chi connectivity index (χ4v) is 2.65. The summed E-state index contributed by atoms with van der Waals surface area (Å²) in [5.41, 5.74) is 7.70. The molecule has 1 aromatic carbocycles. The molecule has 0 radical (unpaired) electrons. The van der Waals surface area contributed by atoms with Gasteiger partial charge in [0.2, 0.25) is 11.8 Å². The number of carbonyl (C=O) groups excluding carboxylic acids is 2. The van der Waals surface area contributed by atoms with Gasteiger partial charge < -0.3 is 15.8 Å². The summed E-state index contributed by atoms with van der Waals surface area (Å²) in [6.07, 6.45) is 1.49. The number of rotatable bonds is 5. The van der Waals surface area contributed by atoms with Crippen molar-refractivity contribution >= 4 is 11.8 Å². The van der Waals surface area contributed by atoms with Gasteiger partial charge in [0.25, 0.3) is 0 Å². The van der Waals surface area contributed by atoms with Crippen LogP contribution < -0.4 is 11.1 Å². The molecule has 1 aliphatic heterocycles. The Morgan fingerprint density at radius 2 is 1.96 bits per heavy atom. The number of hydrogen-bond donors (Lipinski definition) is 2. The Kier molecular flexibility index (Phi) is 5.42. The van der Waals surface area contributed by atoms with E-state index in [9.17, 15) is 9.59 Å². The Morgan fingerprint density at radius 1 is 1.30 bits per heavy atom. The first-order valence-corrected chi connectivity index (χ1v) is 8.08. The molecule has 0 aliphatic carbocycles. The minimum absolute atomic E-state index is 0.0790. The Morgan fingerprint density at radius 3 is 2.43 bits per heavy atom. The third kappa shape index (κ3) is 4.79. The monoisotopic (exact) mass is 318 g/mol. The quantitative estimate of drug-likeness (QED) is 0.866. The van der Waals surface area contributed by atoms with E-state index in [1.165, 1.54) is 5.56 Å². The van der Waals surface area contributed by atoms with E-state index < -0.39 is 18.1 Å². The van der Waals surface area contributed by atoms with Crippen LogP contribution in [-0.2, 0) is 26.2 Å². The van der Waals surface area contributed by atoms with E-state index in [2.05, 4.69) is 38.2 Å². The van der Waals surface area contributed by atoms with E-state index in [1.54, 1.807) is 0 Å². The predicted octanol–water partition coefficient (Wildman–Crippen LogP) is 1.68. The highest BCUT2D eigenvalue weighted by Crippen LogP contribution is 2.22. The molecule has 5 nitrogen and oxygen atoms in total. The molecule has 1 fully saturated rings. The van der Waals surface area contributed by atoms with E-state index in [-0.39, 0.29) is 11.3 Å². The second-order valence-electron chi connectivity index (χ2n) is 7.12. The van der Waals surface area contributed by atoms with Gasteiger partial charge in [0.05, 0.1) is 0 Å². The van der Waals surface area contributed by atoms with Crippen LogP contribution in [0.4, 0.5) is 0 Å². The molecule has 0 saturated carbocycles. The molecule has 23 heavy (non-hydrogen) atoms. The van der Waals surface area contributed by atoms with Gasteiger partial charge in [-0.05, 0) is 29.4 Å². The van der Waals surface area contributed by atoms with Crippen LogP contribution in [0.3, 0.4) is 0 Å². The van der Waals surface area contributed by atoms with Crippen LogP contribution in [0.5, 0.6) is 0 Å². The highest BCUT2D eigenvalue weighted by Gasteiger charge is 2.27. The largest absolute Gasteiger partial charge is 0.368 e. The number of carbonyl (C=O) groups is 2. The first-order chi connectivity index (χ1) is 10.8. The molecule has 5 heteroatoms. The van der Waals surface area contributed by atoms with Crippen LogP contribution in [0.25, 0.3) is 0 Å². The number of ether oxygens (including phenoxy) is 1. The van der Waals surface area contributed by atoms with Crippen molar-refractivity contribution in [2.24, 2.45) is 5.73 Å². The van der Waals surface area contributed by atoms with Crippen molar-refractivity contribution in [3.8, 4) is 0 Å². The zero-order chi connectivity index (χ0) is 17.0. The van der Waals surface area contributed by atoms with E-state index in [0.29, 0.717) is 19.4 Å². The second kappa shape index (κ2) is 7.13. The molecule has 0 unspecified atom stereocenters. The number of primary amides is 1. The maximum absolute atomic E-state index is 12.1. The zero-order valence-electron chi connectivity index (χ0n) is 14.1. The van der Waals surface area contributed by atoms with E-state index in [4.69, 9.17) is 10.5 Å². The highest BCUT2D eigenvalue weighted by atomic mass is 16.5. The normalized spacial score (nSPS) is 19.3. The van der Waals surface area contributed by atoms with E-state index >= 15 is 0 Å². The SMILES string of the molecule is CC(C)(C)c1ccc(C[C@@H](NC(=O)[C@H]2CCCO2)C(N)=O)cc1. The van der Waals surface area contributed by atoms with Gasteiger partial charge in [-0.3, -0.25) is 9.59 Å². The number of benzene rings is 1. The fourth-order valence-electron chi connectivity index (χ4n) is 2.65. The van der Waals surface area contributed by atoms with Gasteiger partial charge in [0.1, 0.15) is 12.1 Å². The van der Waals surface area contributed by atoms with Crippen molar-refractivity contribution in [3.05, 3.63) is 35.4 Å². The summed E-state index contributed by atoms with van der Waals surface area (Å²) in [4.78, 5) is 23.7. The average Bonchev–Trinajstić information content (AvgIpc) is 3.00. The van der Waals surface area contributed by atoms with Gasteiger partial charge in [-0.25, -0.2) is 0 Å². The summed E-state index contributed by atoms with van der Waals surface area (Å²) in [5.74, 6) is -0.783. The summed E-state index contributed by atoms with van der Waals surface area (Å²) >= 11 is 0. The Bertz CT molecular complexity index is 555. The minimum Gasteiger partial charge on any atom is -0.368 e. The lowest BCUT2D eigenvalue weighted by atomic mass is 9.86. The predicted molar refractivity (Wildman–Crippen MR) is 88.9 cm³/mol. The van der Waals surface area contributed by atoms with Crippen LogP contribution in [0.2, 0.25) is 0 Å². The molecule has 1 aliphatic rings. The molecule has 0 aromatic heterocycles. The maximum atomic E-state index is 12.1. The lowest BCUT2D eigenvalue weighted by molar-refractivity contribution is -0.133. The van der Waals surface area contributed by atoms with Crippen molar-refractivity contribution in [2.45, 2.75) is 57.6 Å². The van der Waals surface area contributed by atoms with Gasteiger partial charge in [-0.1, -0.05) is 45.0 Å². The number of nitrogens with one attached hydrogen (secondary N) is 1. The summed E-state index contributed by atoms with van der Waals surface area (Å²) in [6, 6.07) is 7.35. The van der Waals surface area contributed by atoms with Gasteiger partial charge in [-0.15, -0.1) is 0 Å². The summed E-state index contributed by atoms with van der Waals surface area (Å²) in [5, 5.41) is 2.71. The van der Waals surface area contributed by atoms with Crippen molar-refractivity contribution in [2.75, 3.05) is 6.61 Å². The van der Waals surface area contributed by atoms with E-state index in [1.807, 2.05) is 12.1 Å². The first kappa shape index (κ1) is 17.5. The summed E-state index contributed by atoms with van der Waals surface area (Å²) in [6.45, 7) is 7.04. The molecule has 1 heterocycles. The number of amides is 2. The summed E-state index contributed by atoms with van der Waals surface area (Å²) < 4.78 is 5.33. The van der Waals surface area contributed by atoms with Crippen LogP contribution in [-0.4, -0.2) is 30.6 Å². The van der Waals surface area contributed by atoms with E-state index in [0.717, 1.165) is 12.0 Å². The van der Waals surface area contributed by atoms with Crippen LogP contribution in [0.1, 0.15) is 44.7 Å². The minimum atomic E-state index is -0.716. The molecule has 0 spiro atoms. The molecule has 1 aromatic rings. The van der Waals surface area contributed by atoms with Gasteiger partial charge in [0, 0.05) is 13.0 Å². The Balaban J connectivity index is 2.01. The van der Waals surface area contributed by atoms with Gasteiger partial charge >= 0.3 is 0 Å². The van der Waals surface area contributed by atoms with Crippen molar-refractivity contribution in [1.29, 1.82) is 0 Å². The second-order valence-corrected chi connectivity index (χ2v) is 7.12. The molecule has 0 bridgehead atoms. The van der Waals surface area contributed by atoms with Crippen molar-refractivity contribution in [1.82, 2.24) is 5.32 Å². The van der Waals surface area contributed by atoms with Crippen molar-refractivity contribution in [3.63, 3.8) is 0 Å². The Hall–Kier alpha value is -1.88. The van der Waals surface area contributed by atoms with Gasteiger partial charge in [0.15, 0.2) is 0 Å². The topological polar surface area (TPSA) is 81.4 Å². The van der Waals surface area contributed by atoms with Crippen LogP contribution in [0, 0.1) is 0 Å². The zero-order valence-corrected chi connectivity index (χ0v) is 14.1. The maximum Gasteiger partial charge on any atom is 0.249 e. The molecule has 3 N–H and O–H groups in total. The number of hydrogen-bond acceptors (Lipinski definition) is 3. The third-order valence-electron chi connectivity index (χ3n) is 4.14. The average molecular weight is 318 g/mol. The lowest BCUT2D eigenvalue weighted by Crippen LogP contribution is -2.49. The molecule has 1 saturated heterocycles. The molecule has 2 atom stereocenters.